The van der Waals surface area contributed by atoms with E-state index >= 15 is 0 Å². The van der Waals surface area contributed by atoms with E-state index in [1.165, 1.54) is 47.0 Å². The van der Waals surface area contributed by atoms with Crippen LogP contribution in [-0.4, -0.2) is 89.4 Å². The predicted octanol–water partition coefficient (Wildman–Crippen LogP) is 4.53. The lowest BCUT2D eigenvalue weighted by molar-refractivity contribution is 0.118. The predicted molar refractivity (Wildman–Crippen MR) is 165 cm³/mol. The quantitative estimate of drug-likeness (QED) is 0.431. The Morgan fingerprint density at radius 3 is 2.70 bits per heavy atom. The molecule has 1 aromatic heterocycles. The van der Waals surface area contributed by atoms with Gasteiger partial charge in [0.25, 0.3) is 0 Å². The van der Waals surface area contributed by atoms with Gasteiger partial charge in [-0.2, -0.15) is 15.2 Å². The minimum atomic E-state index is -0.981. The smallest absolute Gasteiger partial charge is 0.407 e. The summed E-state index contributed by atoms with van der Waals surface area (Å²) in [6.45, 7) is 4.48. The van der Waals surface area contributed by atoms with Gasteiger partial charge in [-0.3, -0.25) is 0 Å². The fourth-order valence-electron chi connectivity index (χ4n) is 7.61. The maximum Gasteiger partial charge on any atom is 0.407 e. The van der Waals surface area contributed by atoms with Crippen molar-refractivity contribution in [1.29, 1.82) is 5.26 Å². The third-order valence-electron chi connectivity index (χ3n) is 10.1. The first-order valence-corrected chi connectivity index (χ1v) is 15.5. The Kier molecular flexibility index (Phi) is 7.21. The summed E-state index contributed by atoms with van der Waals surface area (Å²) in [5.41, 5.74) is 3.42. The molecule has 7 rings (SSSR count). The number of nitrogens with zero attached hydrogens (tertiary/aromatic N) is 7. The van der Waals surface area contributed by atoms with E-state index in [1.54, 1.807) is 0 Å². The fraction of sp³-hybridized carbons (Fsp3) is 0.515. The van der Waals surface area contributed by atoms with Gasteiger partial charge in [0, 0.05) is 54.3 Å². The van der Waals surface area contributed by atoms with Crippen molar-refractivity contribution in [3.05, 3.63) is 53.7 Å². The number of ether oxygens (including phenoxy) is 1. The van der Waals surface area contributed by atoms with E-state index in [0.717, 1.165) is 36.6 Å². The molecule has 10 nitrogen and oxygen atoms in total. The maximum atomic E-state index is 11.9. The minimum Gasteiger partial charge on any atom is -0.465 e. The summed E-state index contributed by atoms with van der Waals surface area (Å²) in [6, 6.07) is 17.6. The monoisotopic (exact) mass is 581 g/mol. The molecule has 0 spiro atoms. The molecule has 0 radical (unpaired) electrons. The summed E-state index contributed by atoms with van der Waals surface area (Å²) in [6.07, 6.45) is 4.72. The average molecular weight is 582 g/mol. The zero-order valence-electron chi connectivity index (χ0n) is 24.8. The number of fused-ring (bicyclic) bond motifs is 2. The van der Waals surface area contributed by atoms with Gasteiger partial charge in [0.2, 0.25) is 0 Å². The summed E-state index contributed by atoms with van der Waals surface area (Å²) in [7, 11) is 2.22. The van der Waals surface area contributed by atoms with Crippen LogP contribution < -0.4 is 14.5 Å². The number of amides is 1. The number of benzene rings is 2. The Hall–Kier alpha value is -4.10. The van der Waals surface area contributed by atoms with E-state index in [-0.39, 0.29) is 11.8 Å². The molecule has 1 aliphatic carbocycles. The SMILES string of the molecule is CN1CCC[C@H]1C1(COc2nc3c(c(N4CCN(C(=O)O)[C@@H](CC#N)C4)n2)CCN(c2cccc4ccccc24)C3)CC1. The summed E-state index contributed by atoms with van der Waals surface area (Å²) >= 11 is 0. The molecule has 224 valence electrons. The van der Waals surface area contributed by atoms with Crippen molar-refractivity contribution in [1.82, 2.24) is 19.8 Å². The summed E-state index contributed by atoms with van der Waals surface area (Å²) in [5.74, 6) is 0.827. The molecule has 0 bridgehead atoms. The van der Waals surface area contributed by atoms with Gasteiger partial charge >= 0.3 is 12.1 Å². The fourth-order valence-corrected chi connectivity index (χ4v) is 7.61. The van der Waals surface area contributed by atoms with Crippen molar-refractivity contribution >= 4 is 28.4 Å². The number of hydrogen-bond acceptors (Lipinski definition) is 8. The largest absolute Gasteiger partial charge is 0.465 e. The van der Waals surface area contributed by atoms with Crippen molar-refractivity contribution in [3.63, 3.8) is 0 Å². The molecule has 1 amide bonds. The van der Waals surface area contributed by atoms with Gasteiger partial charge in [-0.15, -0.1) is 0 Å². The highest BCUT2D eigenvalue weighted by Crippen LogP contribution is 2.53. The van der Waals surface area contributed by atoms with Crippen LogP contribution in [0.25, 0.3) is 10.8 Å². The van der Waals surface area contributed by atoms with Crippen LogP contribution in [0.3, 0.4) is 0 Å². The standard InChI is InChI=1S/C33H39N7O3/c1-37-16-5-10-29(37)33(13-14-33)22-43-31-35-27-21-38(28-9-4-7-23-6-2-3-8-25(23)28)17-12-26(27)30(36-31)39-18-19-40(32(41)42)24(20-39)11-15-34/h2-4,6-9,24,29H,5,10-14,16-22H2,1H3,(H,41,42)/t24-,29-/m0/s1. The van der Waals surface area contributed by atoms with Crippen molar-refractivity contribution in [2.24, 2.45) is 5.41 Å². The van der Waals surface area contributed by atoms with Gasteiger partial charge in [0.1, 0.15) is 5.82 Å². The third kappa shape index (κ3) is 5.20. The summed E-state index contributed by atoms with van der Waals surface area (Å²) in [5, 5.41) is 21.6. The Bertz CT molecular complexity index is 1560. The van der Waals surface area contributed by atoms with Crippen molar-refractivity contribution in [3.8, 4) is 12.1 Å². The van der Waals surface area contributed by atoms with Crippen LogP contribution in [0.4, 0.5) is 16.3 Å². The van der Waals surface area contributed by atoms with Gasteiger partial charge in [-0.05, 0) is 57.1 Å². The van der Waals surface area contributed by atoms with Crippen LogP contribution >= 0.6 is 0 Å². The molecule has 1 saturated carbocycles. The van der Waals surface area contributed by atoms with E-state index in [0.29, 0.717) is 44.8 Å². The highest BCUT2D eigenvalue weighted by atomic mass is 16.5. The molecule has 2 atom stereocenters. The minimum absolute atomic E-state index is 0.145. The number of hydrogen-bond donors (Lipinski definition) is 1. The zero-order chi connectivity index (χ0) is 29.6. The van der Waals surface area contributed by atoms with Crippen LogP contribution in [0, 0.1) is 16.7 Å². The van der Waals surface area contributed by atoms with E-state index in [1.807, 2.05) is 0 Å². The number of piperazine rings is 1. The van der Waals surface area contributed by atoms with Crippen LogP contribution in [0.2, 0.25) is 0 Å². The topological polar surface area (TPSA) is 109 Å². The van der Waals surface area contributed by atoms with E-state index in [4.69, 9.17) is 14.7 Å². The van der Waals surface area contributed by atoms with Crippen LogP contribution in [0.15, 0.2) is 42.5 Å². The lowest BCUT2D eigenvalue weighted by atomic mass is 9.95. The second-order valence-corrected chi connectivity index (χ2v) is 12.7. The maximum absolute atomic E-state index is 11.9. The first-order valence-electron chi connectivity index (χ1n) is 15.5. The number of aromatic nitrogens is 2. The summed E-state index contributed by atoms with van der Waals surface area (Å²) < 4.78 is 6.49. The van der Waals surface area contributed by atoms with Gasteiger partial charge in [-0.25, -0.2) is 4.79 Å². The first-order chi connectivity index (χ1) is 21.0. The Morgan fingerprint density at radius 2 is 1.93 bits per heavy atom. The van der Waals surface area contributed by atoms with Crippen molar-refractivity contribution in [2.45, 2.75) is 57.2 Å². The second kappa shape index (κ2) is 11.2. The highest BCUT2D eigenvalue weighted by molar-refractivity contribution is 5.94. The molecule has 2 saturated heterocycles. The normalized spacial score (nSPS) is 23.2. The number of carboxylic acid groups (broad SMARTS) is 1. The molecule has 4 heterocycles. The molecular formula is C33H39N7O3. The third-order valence-corrected chi connectivity index (χ3v) is 10.1. The van der Waals surface area contributed by atoms with E-state index in [9.17, 15) is 15.2 Å². The zero-order valence-corrected chi connectivity index (χ0v) is 24.8. The van der Waals surface area contributed by atoms with E-state index in [2.05, 4.69) is 70.3 Å². The molecule has 0 unspecified atom stereocenters. The molecule has 10 heteroatoms. The van der Waals surface area contributed by atoms with Gasteiger partial charge in [0.15, 0.2) is 0 Å². The molecule has 2 aromatic carbocycles. The van der Waals surface area contributed by atoms with Crippen LogP contribution in [0.5, 0.6) is 6.01 Å². The molecule has 3 aromatic rings. The molecular weight excluding hydrogens is 542 g/mol. The summed E-state index contributed by atoms with van der Waals surface area (Å²) in [4.78, 5) is 30.3. The Balaban J connectivity index is 1.21. The van der Waals surface area contributed by atoms with Crippen molar-refractivity contribution in [2.75, 3.05) is 56.2 Å². The van der Waals surface area contributed by atoms with Gasteiger partial charge in [0.05, 0.1) is 37.4 Å². The number of carbonyl (C=O) groups is 1. The number of nitriles is 1. The molecule has 3 aliphatic heterocycles. The highest BCUT2D eigenvalue weighted by Gasteiger charge is 2.52. The first kappa shape index (κ1) is 27.7. The number of rotatable bonds is 7. The van der Waals surface area contributed by atoms with Crippen LogP contribution in [-0.2, 0) is 13.0 Å². The van der Waals surface area contributed by atoms with Gasteiger partial charge < -0.3 is 29.4 Å². The molecule has 3 fully saturated rings. The Labute approximate surface area is 252 Å². The Morgan fingerprint density at radius 1 is 1.09 bits per heavy atom. The number of likely N-dealkylation sites (tertiary alicyclic amines) is 1. The van der Waals surface area contributed by atoms with Gasteiger partial charge in [-0.1, -0.05) is 36.4 Å². The second-order valence-electron chi connectivity index (χ2n) is 12.7. The molecule has 43 heavy (non-hydrogen) atoms. The average Bonchev–Trinajstić information content (AvgIpc) is 3.69. The molecule has 4 aliphatic rings. The van der Waals surface area contributed by atoms with E-state index < -0.39 is 12.1 Å². The lowest BCUT2D eigenvalue weighted by Gasteiger charge is -2.41. The van der Waals surface area contributed by atoms with Crippen molar-refractivity contribution < 1.29 is 14.6 Å². The lowest BCUT2D eigenvalue weighted by Crippen LogP contribution is -2.55. The van der Waals surface area contributed by atoms with Crippen LogP contribution in [0.1, 0.15) is 43.4 Å². The number of anilines is 2. The molecule has 1 N–H and O–H groups in total.